The monoisotopic (exact) mass is 231 g/mol. The first-order valence-electron chi connectivity index (χ1n) is 6.69. The van der Waals surface area contributed by atoms with Gasteiger partial charge in [-0.3, -0.25) is 0 Å². The number of fused-ring (bicyclic) bond motifs is 1. The molecule has 0 aromatic heterocycles. The van der Waals surface area contributed by atoms with Crippen molar-refractivity contribution in [3.05, 3.63) is 23.8 Å². The molecule has 1 aromatic rings. The quantitative estimate of drug-likeness (QED) is 0.804. The third kappa shape index (κ3) is 2.12. The lowest BCUT2D eigenvalue weighted by Crippen LogP contribution is -2.33. The summed E-state index contributed by atoms with van der Waals surface area (Å²) in [7, 11) is 0. The third-order valence-electron chi connectivity index (χ3n) is 4.00. The van der Waals surface area contributed by atoms with Gasteiger partial charge in [0.25, 0.3) is 0 Å². The summed E-state index contributed by atoms with van der Waals surface area (Å²) in [5.41, 5.74) is 9.76. The molecule has 3 nitrogen and oxygen atoms in total. The lowest BCUT2D eigenvalue weighted by molar-refractivity contribution is 0.345. The lowest BCUT2D eigenvalue weighted by Gasteiger charge is -2.24. The molecule has 2 N–H and O–H groups in total. The molecular weight excluding hydrogens is 210 g/mol. The highest BCUT2D eigenvalue weighted by Crippen LogP contribution is 2.33. The van der Waals surface area contributed by atoms with Crippen LogP contribution < -0.4 is 10.6 Å². The van der Waals surface area contributed by atoms with Crippen LogP contribution in [-0.4, -0.2) is 37.6 Å². The van der Waals surface area contributed by atoms with Gasteiger partial charge in [0.1, 0.15) is 0 Å². The van der Waals surface area contributed by atoms with Crippen LogP contribution in [0.3, 0.4) is 0 Å². The summed E-state index contributed by atoms with van der Waals surface area (Å²) in [6.45, 7) is 6.02. The Hall–Kier alpha value is -1.22. The van der Waals surface area contributed by atoms with Crippen molar-refractivity contribution in [2.24, 2.45) is 0 Å². The summed E-state index contributed by atoms with van der Waals surface area (Å²) < 4.78 is 0. The fourth-order valence-corrected chi connectivity index (χ4v) is 3.06. The van der Waals surface area contributed by atoms with E-state index in [1.807, 2.05) is 6.07 Å². The fourth-order valence-electron chi connectivity index (χ4n) is 3.06. The Morgan fingerprint density at radius 2 is 1.88 bits per heavy atom. The number of anilines is 2. The zero-order chi connectivity index (χ0) is 11.7. The van der Waals surface area contributed by atoms with E-state index in [0.29, 0.717) is 0 Å². The number of likely N-dealkylation sites (tertiary alicyclic amines) is 1. The molecule has 1 aromatic carbocycles. The predicted molar refractivity (Wildman–Crippen MR) is 72.4 cm³/mol. The molecule has 2 heterocycles. The molecule has 0 radical (unpaired) electrons. The van der Waals surface area contributed by atoms with E-state index in [1.54, 1.807) is 0 Å². The summed E-state index contributed by atoms with van der Waals surface area (Å²) in [6.07, 6.45) is 3.90. The largest absolute Gasteiger partial charge is 0.397 e. The van der Waals surface area contributed by atoms with Crippen LogP contribution in [0.25, 0.3) is 0 Å². The van der Waals surface area contributed by atoms with Crippen molar-refractivity contribution < 1.29 is 0 Å². The standard InChI is InChI=1S/C14H21N3/c15-13-5-3-4-12-6-9-17(14(12)13)11-10-16-7-1-2-8-16/h3-5H,1-2,6-11,15H2. The Bertz CT molecular complexity index is 396. The second-order valence-electron chi connectivity index (χ2n) is 5.14. The maximum absolute atomic E-state index is 6.09. The average molecular weight is 231 g/mol. The van der Waals surface area contributed by atoms with E-state index < -0.39 is 0 Å². The van der Waals surface area contributed by atoms with Crippen LogP contribution in [0, 0.1) is 0 Å². The molecule has 3 rings (SSSR count). The SMILES string of the molecule is Nc1cccc2c1N(CCN1CCCC1)CC2. The molecular formula is C14H21N3. The van der Waals surface area contributed by atoms with Crippen LogP contribution in [-0.2, 0) is 6.42 Å². The molecule has 92 valence electrons. The van der Waals surface area contributed by atoms with Crippen molar-refractivity contribution in [1.29, 1.82) is 0 Å². The van der Waals surface area contributed by atoms with Crippen molar-refractivity contribution in [2.45, 2.75) is 19.3 Å². The van der Waals surface area contributed by atoms with Crippen molar-refractivity contribution in [3.63, 3.8) is 0 Å². The molecule has 0 amide bonds. The summed E-state index contributed by atoms with van der Waals surface area (Å²) in [5, 5.41) is 0. The molecule has 0 spiro atoms. The van der Waals surface area contributed by atoms with Crippen LogP contribution >= 0.6 is 0 Å². The van der Waals surface area contributed by atoms with Gasteiger partial charge in [0.2, 0.25) is 0 Å². The van der Waals surface area contributed by atoms with Gasteiger partial charge in [-0.05, 0) is 44.0 Å². The Morgan fingerprint density at radius 3 is 2.71 bits per heavy atom. The Balaban J connectivity index is 1.66. The molecule has 3 heteroatoms. The fraction of sp³-hybridized carbons (Fsp3) is 0.571. The maximum atomic E-state index is 6.09. The summed E-state index contributed by atoms with van der Waals surface area (Å²) in [4.78, 5) is 5.03. The molecule has 0 saturated carbocycles. The van der Waals surface area contributed by atoms with Gasteiger partial charge in [-0.2, -0.15) is 0 Å². The van der Waals surface area contributed by atoms with Crippen LogP contribution in [0.4, 0.5) is 11.4 Å². The molecule has 0 atom stereocenters. The van der Waals surface area contributed by atoms with Crippen LogP contribution in [0.15, 0.2) is 18.2 Å². The van der Waals surface area contributed by atoms with Gasteiger partial charge < -0.3 is 15.5 Å². The van der Waals surface area contributed by atoms with E-state index in [4.69, 9.17) is 5.73 Å². The number of nitrogens with two attached hydrogens (primary N) is 1. The highest BCUT2D eigenvalue weighted by Gasteiger charge is 2.22. The van der Waals surface area contributed by atoms with Crippen molar-refractivity contribution in [1.82, 2.24) is 4.90 Å². The highest BCUT2D eigenvalue weighted by atomic mass is 15.2. The first kappa shape index (κ1) is 10.9. The number of rotatable bonds is 3. The zero-order valence-corrected chi connectivity index (χ0v) is 10.4. The topological polar surface area (TPSA) is 32.5 Å². The van der Waals surface area contributed by atoms with E-state index in [9.17, 15) is 0 Å². The van der Waals surface area contributed by atoms with Crippen molar-refractivity contribution in [2.75, 3.05) is 43.4 Å². The highest BCUT2D eigenvalue weighted by molar-refractivity contribution is 5.74. The van der Waals surface area contributed by atoms with Crippen LogP contribution in [0.5, 0.6) is 0 Å². The van der Waals surface area contributed by atoms with Gasteiger partial charge in [-0.15, -0.1) is 0 Å². The van der Waals surface area contributed by atoms with E-state index in [-0.39, 0.29) is 0 Å². The second kappa shape index (κ2) is 4.57. The van der Waals surface area contributed by atoms with Gasteiger partial charge in [0, 0.05) is 19.6 Å². The number of benzene rings is 1. The summed E-state index contributed by atoms with van der Waals surface area (Å²) in [6, 6.07) is 6.30. The normalized spacial score (nSPS) is 19.9. The molecule has 0 bridgehead atoms. The molecule has 17 heavy (non-hydrogen) atoms. The third-order valence-corrected chi connectivity index (χ3v) is 4.00. The Labute approximate surface area is 103 Å². The summed E-state index contributed by atoms with van der Waals surface area (Å²) >= 11 is 0. The van der Waals surface area contributed by atoms with Gasteiger partial charge in [-0.1, -0.05) is 12.1 Å². The number of para-hydroxylation sites is 1. The molecule has 1 fully saturated rings. The number of nitrogens with zero attached hydrogens (tertiary/aromatic N) is 2. The van der Waals surface area contributed by atoms with Gasteiger partial charge >= 0.3 is 0 Å². The van der Waals surface area contributed by atoms with E-state index in [0.717, 1.165) is 25.2 Å². The zero-order valence-electron chi connectivity index (χ0n) is 10.4. The Kier molecular flexibility index (Phi) is 2.93. The first-order valence-corrected chi connectivity index (χ1v) is 6.69. The molecule has 2 aliphatic rings. The molecule has 0 unspecified atom stereocenters. The number of hydrogen-bond acceptors (Lipinski definition) is 3. The average Bonchev–Trinajstić information content (AvgIpc) is 2.95. The minimum atomic E-state index is 0.946. The van der Waals surface area contributed by atoms with E-state index in [1.165, 1.54) is 43.7 Å². The first-order chi connectivity index (χ1) is 8.34. The van der Waals surface area contributed by atoms with Gasteiger partial charge in [-0.25, -0.2) is 0 Å². The molecule has 0 aliphatic carbocycles. The second-order valence-corrected chi connectivity index (χ2v) is 5.14. The Morgan fingerprint density at radius 1 is 1.06 bits per heavy atom. The molecule has 2 aliphatic heterocycles. The molecule has 1 saturated heterocycles. The minimum absolute atomic E-state index is 0.946. The predicted octanol–water partition coefficient (Wildman–Crippen LogP) is 1.73. The number of nitrogen functional groups attached to an aromatic ring is 1. The van der Waals surface area contributed by atoms with E-state index in [2.05, 4.69) is 21.9 Å². The van der Waals surface area contributed by atoms with Gasteiger partial charge in [0.05, 0.1) is 11.4 Å². The lowest BCUT2D eigenvalue weighted by atomic mass is 10.1. The maximum Gasteiger partial charge on any atom is 0.0633 e. The number of hydrogen-bond donors (Lipinski definition) is 1. The van der Waals surface area contributed by atoms with Gasteiger partial charge in [0.15, 0.2) is 0 Å². The summed E-state index contributed by atoms with van der Waals surface area (Å²) in [5.74, 6) is 0. The van der Waals surface area contributed by atoms with Crippen LogP contribution in [0.1, 0.15) is 18.4 Å². The van der Waals surface area contributed by atoms with Crippen molar-refractivity contribution in [3.8, 4) is 0 Å². The van der Waals surface area contributed by atoms with E-state index >= 15 is 0 Å². The smallest absolute Gasteiger partial charge is 0.0633 e. The van der Waals surface area contributed by atoms with Crippen LogP contribution in [0.2, 0.25) is 0 Å². The minimum Gasteiger partial charge on any atom is -0.397 e. The van der Waals surface area contributed by atoms with Crippen molar-refractivity contribution >= 4 is 11.4 Å².